The second-order valence-electron chi connectivity index (χ2n) is 14.2. The second kappa shape index (κ2) is 12.3. The van der Waals surface area contributed by atoms with Gasteiger partial charge in [-0.05, 0) is 48.0 Å². The van der Waals surface area contributed by atoms with Gasteiger partial charge in [-0.15, -0.1) is 0 Å². The second-order valence-corrected chi connectivity index (χ2v) is 14.2. The molecule has 0 aliphatic rings. The normalized spacial score (nSPS) is 11.9. The third-order valence-corrected chi connectivity index (χ3v) is 11.0. The van der Waals surface area contributed by atoms with Crippen LogP contribution in [0.4, 0.5) is 0 Å². The molecule has 0 amide bonds. The molecule has 12 aromatic rings. The van der Waals surface area contributed by atoms with Crippen LogP contribution in [-0.2, 0) is 0 Å². The molecule has 0 bridgehead atoms. The van der Waals surface area contributed by atoms with Crippen LogP contribution in [0.2, 0.25) is 0 Å². The summed E-state index contributed by atoms with van der Waals surface area (Å²) in [6.07, 6.45) is 3.57. The summed E-state index contributed by atoms with van der Waals surface area (Å²) in [5.41, 5.74) is 11.2. The fraction of sp³-hybridized carbons (Fsp3) is 0. The van der Waals surface area contributed by atoms with Gasteiger partial charge in [0.2, 0.25) is 0 Å². The molecule has 0 aliphatic carbocycles. The fourth-order valence-electron chi connectivity index (χ4n) is 8.38. The number of benzene rings is 7. The minimum absolute atomic E-state index is 0.569. The van der Waals surface area contributed by atoms with Gasteiger partial charge in [-0.3, -0.25) is 4.98 Å². The van der Waals surface area contributed by atoms with E-state index in [0.717, 1.165) is 88.4 Å². The van der Waals surface area contributed by atoms with Gasteiger partial charge in [0.25, 0.3) is 0 Å². The molecule has 5 heterocycles. The number of aromatic nitrogens is 5. The molecule has 0 saturated carbocycles. The Morgan fingerprint density at radius 1 is 0.404 bits per heavy atom. The lowest BCUT2D eigenvalue weighted by atomic mass is 10.0. The maximum absolute atomic E-state index is 6.32. The number of fused-ring (bicyclic) bond motifs is 9. The number of rotatable bonds is 5. The van der Waals surface area contributed by atoms with Gasteiger partial charge in [0, 0.05) is 66.5 Å². The highest BCUT2D eigenvalue weighted by atomic mass is 16.3. The van der Waals surface area contributed by atoms with E-state index in [9.17, 15) is 0 Å². The van der Waals surface area contributed by atoms with E-state index in [1.165, 1.54) is 10.8 Å². The summed E-state index contributed by atoms with van der Waals surface area (Å²) in [6.45, 7) is 0. The van der Waals surface area contributed by atoms with Gasteiger partial charge in [0.1, 0.15) is 16.7 Å². The number of pyridine rings is 1. The molecule has 0 unspecified atom stereocenters. The van der Waals surface area contributed by atoms with Crippen molar-refractivity contribution >= 4 is 65.7 Å². The zero-order valence-electron chi connectivity index (χ0n) is 30.3. The Balaban J connectivity index is 1.04. The van der Waals surface area contributed by atoms with Crippen LogP contribution in [0.25, 0.3) is 117 Å². The zero-order chi connectivity index (χ0) is 37.5. The van der Waals surface area contributed by atoms with Crippen molar-refractivity contribution in [1.82, 2.24) is 24.5 Å². The number of hydrogen-bond donors (Lipinski definition) is 0. The van der Waals surface area contributed by atoms with Crippen LogP contribution in [0, 0.1) is 0 Å². The highest BCUT2D eigenvalue weighted by molar-refractivity contribution is 6.12. The van der Waals surface area contributed by atoms with E-state index in [4.69, 9.17) is 23.8 Å². The summed E-state index contributed by atoms with van der Waals surface area (Å²) in [5, 5.41) is 6.51. The Morgan fingerprint density at radius 2 is 1.04 bits per heavy atom. The lowest BCUT2D eigenvalue weighted by Crippen LogP contribution is -2.01. The predicted molar refractivity (Wildman–Crippen MR) is 228 cm³/mol. The van der Waals surface area contributed by atoms with Gasteiger partial charge in [0.15, 0.2) is 23.1 Å². The van der Waals surface area contributed by atoms with Gasteiger partial charge in [-0.1, -0.05) is 121 Å². The quantitative estimate of drug-likeness (QED) is 0.175. The van der Waals surface area contributed by atoms with E-state index in [1.807, 2.05) is 36.4 Å². The molecule has 0 spiro atoms. The smallest absolute Gasteiger partial charge is 0.164 e. The monoisotopic (exact) mass is 731 g/mol. The first-order valence-corrected chi connectivity index (χ1v) is 18.9. The van der Waals surface area contributed by atoms with Crippen molar-refractivity contribution < 1.29 is 8.83 Å². The van der Waals surface area contributed by atoms with Crippen LogP contribution >= 0.6 is 0 Å². The van der Waals surface area contributed by atoms with Crippen LogP contribution in [0.1, 0.15) is 0 Å². The summed E-state index contributed by atoms with van der Waals surface area (Å²) in [6, 6.07) is 56.3. The summed E-state index contributed by atoms with van der Waals surface area (Å²) in [5.74, 6) is 1.72. The Bertz CT molecular complexity index is 3490. The molecule has 0 atom stereocenters. The molecule has 0 N–H and O–H groups in total. The molecule has 5 aromatic heterocycles. The largest absolute Gasteiger partial charge is 0.456 e. The molecular formula is C50H29N5O2. The van der Waals surface area contributed by atoms with Gasteiger partial charge < -0.3 is 13.4 Å². The van der Waals surface area contributed by atoms with Crippen LogP contribution in [0.3, 0.4) is 0 Å². The van der Waals surface area contributed by atoms with Crippen molar-refractivity contribution in [1.29, 1.82) is 0 Å². The molecule has 0 aliphatic heterocycles. The van der Waals surface area contributed by atoms with E-state index < -0.39 is 0 Å². The van der Waals surface area contributed by atoms with Crippen molar-refractivity contribution in [3.05, 3.63) is 176 Å². The first-order valence-electron chi connectivity index (χ1n) is 18.9. The highest BCUT2D eigenvalue weighted by Gasteiger charge is 2.19. The van der Waals surface area contributed by atoms with Crippen LogP contribution in [0.15, 0.2) is 185 Å². The van der Waals surface area contributed by atoms with Crippen molar-refractivity contribution in [2.24, 2.45) is 0 Å². The van der Waals surface area contributed by atoms with Crippen LogP contribution < -0.4 is 0 Å². The summed E-state index contributed by atoms with van der Waals surface area (Å²) < 4.78 is 14.9. The number of nitrogens with zero attached hydrogens (tertiary/aromatic N) is 5. The standard InChI is InChI=1S/C50H29N5O2/c1-4-18-41-35(12-1)36-13-2-5-19-42(36)55(41)33-11-7-10-32(28-33)49-52-48(53-50(54-49)40-17-9-21-44-46(40)39-14-3-6-20-43(39)56-44)31-24-22-30(23-25-31)34-15-8-16-38-37-26-27-51-29-45(37)57-47(34)38/h1-29H. The molecule has 0 fully saturated rings. The van der Waals surface area contributed by atoms with E-state index >= 15 is 0 Å². The van der Waals surface area contributed by atoms with Crippen molar-refractivity contribution in [2.75, 3.05) is 0 Å². The minimum Gasteiger partial charge on any atom is -0.456 e. The third kappa shape index (κ3) is 4.92. The summed E-state index contributed by atoms with van der Waals surface area (Å²) >= 11 is 0. The SMILES string of the molecule is c1cc(-c2nc(-c3ccc(-c4cccc5c4oc4cnccc45)cc3)nc(-c3cccc4oc5ccccc5c34)n2)cc(-n2c3ccccc3c3ccccc32)c1. The van der Waals surface area contributed by atoms with Crippen LogP contribution in [0.5, 0.6) is 0 Å². The van der Waals surface area contributed by atoms with Crippen molar-refractivity contribution in [3.63, 3.8) is 0 Å². The lowest BCUT2D eigenvalue weighted by molar-refractivity contribution is 0.668. The Hall–Kier alpha value is -7.90. The molecule has 57 heavy (non-hydrogen) atoms. The van der Waals surface area contributed by atoms with E-state index in [2.05, 4.69) is 137 Å². The van der Waals surface area contributed by atoms with Gasteiger partial charge >= 0.3 is 0 Å². The molecule has 12 rings (SSSR count). The minimum atomic E-state index is 0.569. The number of hydrogen-bond acceptors (Lipinski definition) is 6. The first kappa shape index (κ1) is 31.5. The molecule has 266 valence electrons. The van der Waals surface area contributed by atoms with Crippen LogP contribution in [-0.4, -0.2) is 24.5 Å². The maximum Gasteiger partial charge on any atom is 0.164 e. The number of para-hydroxylation sites is 4. The zero-order valence-corrected chi connectivity index (χ0v) is 30.3. The third-order valence-electron chi connectivity index (χ3n) is 11.0. The molecule has 7 aromatic carbocycles. The summed E-state index contributed by atoms with van der Waals surface area (Å²) in [7, 11) is 0. The van der Waals surface area contributed by atoms with Gasteiger partial charge in [-0.25, -0.2) is 15.0 Å². The Labute approximate surface area is 325 Å². The van der Waals surface area contributed by atoms with Crippen molar-refractivity contribution in [3.8, 4) is 51.0 Å². The molecule has 0 saturated heterocycles. The first-order chi connectivity index (χ1) is 28.2. The number of furan rings is 2. The van der Waals surface area contributed by atoms with Crippen molar-refractivity contribution in [2.45, 2.75) is 0 Å². The highest BCUT2D eigenvalue weighted by Crippen LogP contribution is 2.39. The van der Waals surface area contributed by atoms with Gasteiger partial charge in [-0.2, -0.15) is 0 Å². The average molecular weight is 732 g/mol. The fourth-order valence-corrected chi connectivity index (χ4v) is 8.38. The topological polar surface area (TPSA) is 82.8 Å². The lowest BCUT2D eigenvalue weighted by Gasteiger charge is -2.12. The van der Waals surface area contributed by atoms with E-state index in [-0.39, 0.29) is 0 Å². The molecule has 0 radical (unpaired) electrons. The molecule has 7 nitrogen and oxygen atoms in total. The molecule has 7 heteroatoms. The predicted octanol–water partition coefficient (Wildman–Crippen LogP) is 12.8. The Morgan fingerprint density at radius 3 is 1.86 bits per heavy atom. The van der Waals surface area contributed by atoms with Gasteiger partial charge in [0.05, 0.1) is 17.2 Å². The van der Waals surface area contributed by atoms with E-state index in [1.54, 1.807) is 12.4 Å². The average Bonchev–Trinajstić information content (AvgIpc) is 3.96. The van der Waals surface area contributed by atoms with E-state index in [0.29, 0.717) is 17.5 Å². The summed E-state index contributed by atoms with van der Waals surface area (Å²) in [4.78, 5) is 19.8. The Kier molecular flexibility index (Phi) is 6.79. The maximum atomic E-state index is 6.32. The molecular weight excluding hydrogens is 703 g/mol.